The van der Waals surface area contributed by atoms with Gasteiger partial charge in [-0.25, -0.2) is 9.97 Å². The minimum Gasteiger partial charge on any atom is -0.489 e. The Morgan fingerprint density at radius 2 is 1.71 bits per heavy atom. The van der Waals surface area contributed by atoms with Crippen molar-refractivity contribution in [1.29, 1.82) is 0 Å². The Balaban J connectivity index is 1.42. The Morgan fingerprint density at radius 1 is 0.971 bits per heavy atom. The van der Waals surface area contributed by atoms with Crippen molar-refractivity contribution in [3.05, 3.63) is 107 Å². The molecular formula is C26H19ClN4O2S. The van der Waals surface area contributed by atoms with E-state index in [4.69, 9.17) is 21.3 Å². The number of carbonyl (C=O) groups excluding carboxylic acids is 1. The summed E-state index contributed by atoms with van der Waals surface area (Å²) >= 11 is 7.40. The zero-order valence-electron chi connectivity index (χ0n) is 17.9. The Hall–Kier alpha value is -3.94. The first kappa shape index (κ1) is 21.9. The number of hydrogen-bond donors (Lipinski definition) is 2. The number of carbonyl (C=O) groups is 1. The zero-order chi connectivity index (χ0) is 23.3. The van der Waals surface area contributed by atoms with Gasteiger partial charge in [-0.15, -0.1) is 11.3 Å². The number of aromatic nitrogens is 3. The molecule has 6 nitrogen and oxygen atoms in total. The first-order valence-electron chi connectivity index (χ1n) is 10.5. The summed E-state index contributed by atoms with van der Waals surface area (Å²) < 4.78 is 5.88. The lowest BCUT2D eigenvalue weighted by Crippen LogP contribution is -2.13. The molecule has 0 atom stereocenters. The first-order chi connectivity index (χ1) is 16.7. The van der Waals surface area contributed by atoms with Crippen LogP contribution in [0.1, 0.15) is 16.1 Å². The van der Waals surface area contributed by atoms with Crippen molar-refractivity contribution in [2.45, 2.75) is 6.61 Å². The maximum atomic E-state index is 13.0. The highest BCUT2D eigenvalue weighted by Gasteiger charge is 2.20. The van der Waals surface area contributed by atoms with Gasteiger partial charge in [0.1, 0.15) is 29.6 Å². The van der Waals surface area contributed by atoms with Gasteiger partial charge in [-0.3, -0.25) is 10.1 Å². The molecule has 0 spiro atoms. The molecule has 2 aromatic heterocycles. The van der Waals surface area contributed by atoms with Crippen molar-refractivity contribution in [1.82, 2.24) is 15.0 Å². The van der Waals surface area contributed by atoms with Gasteiger partial charge in [0.2, 0.25) is 0 Å². The van der Waals surface area contributed by atoms with Crippen LogP contribution in [-0.4, -0.2) is 20.9 Å². The number of rotatable bonds is 7. The average molecular weight is 487 g/mol. The number of imidazole rings is 1. The van der Waals surface area contributed by atoms with Crippen molar-refractivity contribution in [2.75, 3.05) is 5.32 Å². The Kier molecular flexibility index (Phi) is 6.38. The van der Waals surface area contributed by atoms with Gasteiger partial charge in [-0.05, 0) is 42.0 Å². The second-order valence-electron chi connectivity index (χ2n) is 7.41. The van der Waals surface area contributed by atoms with E-state index in [1.165, 1.54) is 11.3 Å². The van der Waals surface area contributed by atoms with Crippen LogP contribution in [0.25, 0.3) is 22.6 Å². The average Bonchev–Trinajstić information content (AvgIpc) is 3.55. The summed E-state index contributed by atoms with van der Waals surface area (Å²) in [6.45, 7) is 0.489. The van der Waals surface area contributed by atoms with Crippen molar-refractivity contribution in [3.8, 4) is 28.4 Å². The molecule has 0 aliphatic heterocycles. The minimum absolute atomic E-state index is 0.318. The number of thiazole rings is 1. The maximum absolute atomic E-state index is 13.0. The third-order valence-corrected chi connectivity index (χ3v) is 6.02. The Bertz CT molecular complexity index is 1380. The largest absolute Gasteiger partial charge is 0.489 e. The molecule has 0 saturated heterocycles. The second kappa shape index (κ2) is 9.91. The zero-order valence-corrected chi connectivity index (χ0v) is 19.4. The summed E-state index contributed by atoms with van der Waals surface area (Å²) in [6.07, 6.45) is 1.64. The fourth-order valence-electron chi connectivity index (χ4n) is 3.39. The molecule has 3 aromatic carbocycles. The Morgan fingerprint density at radius 3 is 2.41 bits per heavy atom. The van der Waals surface area contributed by atoms with Crippen LogP contribution < -0.4 is 10.1 Å². The second-order valence-corrected chi connectivity index (χ2v) is 8.74. The van der Waals surface area contributed by atoms with E-state index < -0.39 is 0 Å². The van der Waals surface area contributed by atoms with E-state index >= 15 is 0 Å². The number of nitrogens with one attached hydrogen (secondary N) is 2. The summed E-state index contributed by atoms with van der Waals surface area (Å²) in [7, 11) is 0. The van der Waals surface area contributed by atoms with Gasteiger partial charge in [0.05, 0.1) is 0 Å². The van der Waals surface area contributed by atoms with Crippen LogP contribution in [0.4, 0.5) is 5.13 Å². The predicted octanol–water partition coefficient (Wildman–Crippen LogP) is 6.68. The number of H-pyrrole nitrogens is 1. The van der Waals surface area contributed by atoms with Crippen LogP contribution in [0.2, 0.25) is 5.02 Å². The fourth-order valence-corrected chi connectivity index (χ4v) is 4.04. The summed E-state index contributed by atoms with van der Waals surface area (Å²) in [6, 6.07) is 24.8. The standard InChI is InChI=1S/C26H19ClN4O2S/c27-20-10-6-18(7-11-20)22-23(25(32)31-26-28-14-15-34-26)30-24(29-22)19-8-12-21(13-9-19)33-16-17-4-2-1-3-5-17/h1-15H,16H2,(H,29,30)(H,28,31,32). The third kappa shape index (κ3) is 5.01. The smallest absolute Gasteiger partial charge is 0.276 e. The van der Waals surface area contributed by atoms with E-state index in [0.717, 1.165) is 22.4 Å². The number of anilines is 1. The molecule has 0 saturated carbocycles. The van der Waals surface area contributed by atoms with Crippen LogP contribution in [0.3, 0.4) is 0 Å². The molecule has 0 aliphatic rings. The predicted molar refractivity (Wildman–Crippen MR) is 135 cm³/mol. The quantitative estimate of drug-likeness (QED) is 0.269. The highest BCUT2D eigenvalue weighted by Crippen LogP contribution is 2.29. The molecule has 0 fully saturated rings. The lowest BCUT2D eigenvalue weighted by atomic mass is 10.1. The van der Waals surface area contributed by atoms with Crippen molar-refractivity contribution in [3.63, 3.8) is 0 Å². The molecule has 8 heteroatoms. The van der Waals surface area contributed by atoms with Crippen LogP contribution >= 0.6 is 22.9 Å². The molecule has 5 rings (SSSR count). The van der Waals surface area contributed by atoms with Gasteiger partial charge in [0, 0.05) is 27.7 Å². The molecule has 0 unspecified atom stereocenters. The molecule has 34 heavy (non-hydrogen) atoms. The van der Waals surface area contributed by atoms with Crippen LogP contribution in [-0.2, 0) is 6.61 Å². The van der Waals surface area contributed by atoms with E-state index in [9.17, 15) is 4.79 Å². The van der Waals surface area contributed by atoms with Crippen LogP contribution in [0, 0.1) is 0 Å². The molecule has 0 bridgehead atoms. The molecule has 2 heterocycles. The summed E-state index contributed by atoms with van der Waals surface area (Å²) in [5.74, 6) is 1.00. The van der Waals surface area contributed by atoms with Gasteiger partial charge in [0.15, 0.2) is 5.13 Å². The molecule has 1 amide bonds. The highest BCUT2D eigenvalue weighted by atomic mass is 35.5. The third-order valence-electron chi connectivity index (χ3n) is 5.08. The van der Waals surface area contributed by atoms with Crippen molar-refractivity contribution >= 4 is 34.0 Å². The Labute approximate surface area is 205 Å². The van der Waals surface area contributed by atoms with E-state index in [1.807, 2.05) is 66.7 Å². The van der Waals surface area contributed by atoms with E-state index in [-0.39, 0.29) is 5.91 Å². The number of halogens is 1. The summed E-state index contributed by atoms with van der Waals surface area (Å²) in [5.41, 5.74) is 3.58. The fraction of sp³-hybridized carbons (Fsp3) is 0.0385. The maximum Gasteiger partial charge on any atom is 0.276 e. The molecule has 0 aliphatic carbocycles. The molecular weight excluding hydrogens is 468 g/mol. The summed E-state index contributed by atoms with van der Waals surface area (Å²) in [4.78, 5) is 25.1. The van der Waals surface area contributed by atoms with Crippen LogP contribution in [0.15, 0.2) is 90.4 Å². The molecule has 5 aromatic rings. The molecule has 168 valence electrons. The number of amides is 1. The van der Waals surface area contributed by atoms with Crippen LogP contribution in [0.5, 0.6) is 5.75 Å². The van der Waals surface area contributed by atoms with Crippen molar-refractivity contribution < 1.29 is 9.53 Å². The number of benzene rings is 3. The normalized spacial score (nSPS) is 10.7. The monoisotopic (exact) mass is 486 g/mol. The first-order valence-corrected chi connectivity index (χ1v) is 11.8. The number of hydrogen-bond acceptors (Lipinski definition) is 5. The number of nitrogens with zero attached hydrogens (tertiary/aromatic N) is 2. The number of ether oxygens (including phenoxy) is 1. The molecule has 2 N–H and O–H groups in total. The van der Waals surface area contributed by atoms with Gasteiger partial charge in [0.25, 0.3) is 5.91 Å². The topological polar surface area (TPSA) is 79.9 Å². The SMILES string of the molecule is O=C(Nc1nccs1)c1[nH]c(-c2ccc(OCc3ccccc3)cc2)nc1-c1ccc(Cl)cc1. The lowest BCUT2D eigenvalue weighted by molar-refractivity contribution is 0.102. The van der Waals surface area contributed by atoms with E-state index in [0.29, 0.717) is 34.0 Å². The van der Waals surface area contributed by atoms with E-state index in [1.54, 1.807) is 23.7 Å². The molecule has 0 radical (unpaired) electrons. The van der Waals surface area contributed by atoms with Gasteiger partial charge in [-0.1, -0.05) is 54.1 Å². The van der Waals surface area contributed by atoms with Gasteiger partial charge >= 0.3 is 0 Å². The minimum atomic E-state index is -0.318. The number of aromatic amines is 1. The van der Waals surface area contributed by atoms with Crippen molar-refractivity contribution in [2.24, 2.45) is 0 Å². The van der Waals surface area contributed by atoms with E-state index in [2.05, 4.69) is 15.3 Å². The highest BCUT2D eigenvalue weighted by molar-refractivity contribution is 7.13. The lowest BCUT2D eigenvalue weighted by Gasteiger charge is -2.06. The van der Waals surface area contributed by atoms with Gasteiger partial charge in [-0.2, -0.15) is 0 Å². The van der Waals surface area contributed by atoms with Gasteiger partial charge < -0.3 is 9.72 Å². The summed E-state index contributed by atoms with van der Waals surface area (Å²) in [5, 5.41) is 5.75.